The third kappa shape index (κ3) is 3.67. The fourth-order valence-corrected chi connectivity index (χ4v) is 2.65. The summed E-state index contributed by atoms with van der Waals surface area (Å²) in [6.07, 6.45) is 1.35. The number of benzene rings is 2. The van der Waals surface area contributed by atoms with Gasteiger partial charge in [0.25, 0.3) is 11.8 Å². The molecule has 0 saturated carbocycles. The van der Waals surface area contributed by atoms with Crippen LogP contribution in [0.5, 0.6) is 5.75 Å². The zero-order chi connectivity index (χ0) is 19.6. The number of carbonyl (C=O) groups excluding carboxylic acids is 3. The number of hydrogen-bond acceptors (Lipinski definition) is 5. The molecule has 7 heteroatoms. The van der Waals surface area contributed by atoms with Crippen molar-refractivity contribution in [3.05, 3.63) is 64.7 Å². The van der Waals surface area contributed by atoms with E-state index in [4.69, 9.17) is 4.74 Å². The summed E-state index contributed by atoms with van der Waals surface area (Å²) in [5, 5.41) is 11.0. The van der Waals surface area contributed by atoms with Gasteiger partial charge in [-0.25, -0.2) is 9.80 Å². The molecule has 2 N–H and O–H groups in total. The van der Waals surface area contributed by atoms with E-state index in [-0.39, 0.29) is 17.9 Å². The molecule has 1 heterocycles. The standard InChI is InChI=1S/C20H18N2O5/c1-3-27-20(26)13-5-7-15(8-6-13)22-19(25)16(18(24)21-22)11-14-10-12(2)4-9-17(14)23/h4-11,23H,3H2,1-2H3,(H,21,24)/b16-11-. The topological polar surface area (TPSA) is 95.9 Å². The van der Waals surface area contributed by atoms with E-state index in [1.807, 2.05) is 6.92 Å². The van der Waals surface area contributed by atoms with Crippen LogP contribution in [0.25, 0.3) is 6.08 Å². The van der Waals surface area contributed by atoms with Gasteiger partial charge in [-0.2, -0.15) is 0 Å². The lowest BCUT2D eigenvalue weighted by atomic mass is 10.1. The number of phenolic OH excluding ortho intramolecular Hbond substituents is 1. The molecular weight excluding hydrogens is 348 g/mol. The summed E-state index contributed by atoms with van der Waals surface area (Å²) in [6.45, 7) is 3.82. The number of phenols is 1. The van der Waals surface area contributed by atoms with Crippen LogP contribution in [0.4, 0.5) is 5.69 Å². The molecule has 1 aliphatic rings. The Kier molecular flexibility index (Phi) is 4.94. The number of hydrogen-bond donors (Lipinski definition) is 2. The number of aromatic hydroxyl groups is 1. The molecule has 0 unspecified atom stereocenters. The van der Waals surface area contributed by atoms with Gasteiger partial charge in [0.05, 0.1) is 17.9 Å². The van der Waals surface area contributed by atoms with Gasteiger partial charge >= 0.3 is 5.97 Å². The maximum atomic E-state index is 12.6. The van der Waals surface area contributed by atoms with Crippen LogP contribution in [0.3, 0.4) is 0 Å². The number of rotatable bonds is 4. The number of nitrogens with zero attached hydrogens (tertiary/aromatic N) is 1. The summed E-state index contributed by atoms with van der Waals surface area (Å²) >= 11 is 0. The van der Waals surface area contributed by atoms with E-state index in [1.54, 1.807) is 19.1 Å². The van der Waals surface area contributed by atoms with Crippen molar-refractivity contribution in [3.63, 3.8) is 0 Å². The third-order valence-electron chi connectivity index (χ3n) is 4.01. The Morgan fingerprint density at radius 2 is 1.89 bits per heavy atom. The smallest absolute Gasteiger partial charge is 0.338 e. The highest BCUT2D eigenvalue weighted by Gasteiger charge is 2.34. The van der Waals surface area contributed by atoms with Crippen LogP contribution in [0.15, 0.2) is 48.0 Å². The SMILES string of the molecule is CCOC(=O)c1ccc(N2NC(=O)/C(=C/c3cc(C)ccc3O)C2=O)cc1. The average molecular weight is 366 g/mol. The predicted molar refractivity (Wildman–Crippen MR) is 98.8 cm³/mol. The zero-order valence-electron chi connectivity index (χ0n) is 14.9. The van der Waals surface area contributed by atoms with Crippen molar-refractivity contribution in [2.45, 2.75) is 13.8 Å². The highest BCUT2D eigenvalue weighted by molar-refractivity contribution is 6.31. The van der Waals surface area contributed by atoms with Crippen molar-refractivity contribution in [2.75, 3.05) is 11.6 Å². The first kappa shape index (κ1) is 18.2. The largest absolute Gasteiger partial charge is 0.507 e. The number of esters is 1. The number of amides is 2. The molecule has 2 aromatic carbocycles. The lowest BCUT2D eigenvalue weighted by Gasteiger charge is -2.14. The van der Waals surface area contributed by atoms with Crippen LogP contribution in [0.1, 0.15) is 28.4 Å². The van der Waals surface area contributed by atoms with Gasteiger partial charge in [0.2, 0.25) is 0 Å². The Labute approximate surface area is 155 Å². The molecule has 7 nitrogen and oxygen atoms in total. The summed E-state index contributed by atoms with van der Waals surface area (Å²) < 4.78 is 4.91. The number of carbonyl (C=O) groups is 3. The number of aryl methyl sites for hydroxylation is 1. The quantitative estimate of drug-likeness (QED) is 0.492. The minimum atomic E-state index is -0.574. The Balaban J connectivity index is 1.87. The lowest BCUT2D eigenvalue weighted by Crippen LogP contribution is -2.35. The first-order valence-corrected chi connectivity index (χ1v) is 8.34. The summed E-state index contributed by atoms with van der Waals surface area (Å²) in [5.74, 6) is -1.61. The normalized spacial score (nSPS) is 15.2. The second-order valence-corrected chi connectivity index (χ2v) is 5.97. The van der Waals surface area contributed by atoms with Gasteiger partial charge in [-0.05, 0) is 56.3 Å². The van der Waals surface area contributed by atoms with Crippen molar-refractivity contribution < 1.29 is 24.2 Å². The fraction of sp³-hybridized carbons (Fsp3) is 0.150. The van der Waals surface area contributed by atoms with Gasteiger partial charge < -0.3 is 9.84 Å². The molecule has 0 aliphatic carbocycles. The van der Waals surface area contributed by atoms with E-state index in [1.165, 1.54) is 36.4 Å². The summed E-state index contributed by atoms with van der Waals surface area (Å²) in [5.41, 5.74) is 4.40. The summed E-state index contributed by atoms with van der Waals surface area (Å²) in [6, 6.07) is 11.0. The first-order chi connectivity index (χ1) is 12.9. The average Bonchev–Trinajstić information content (AvgIpc) is 2.93. The fourth-order valence-electron chi connectivity index (χ4n) is 2.65. The number of hydrazine groups is 1. The molecule has 1 fully saturated rings. The van der Waals surface area contributed by atoms with Gasteiger partial charge in [0, 0.05) is 5.56 Å². The second-order valence-electron chi connectivity index (χ2n) is 5.97. The first-order valence-electron chi connectivity index (χ1n) is 8.34. The van der Waals surface area contributed by atoms with Crippen LogP contribution in [0.2, 0.25) is 0 Å². The number of nitrogens with one attached hydrogen (secondary N) is 1. The van der Waals surface area contributed by atoms with Crippen LogP contribution in [-0.4, -0.2) is 29.5 Å². The van der Waals surface area contributed by atoms with Crippen LogP contribution in [0, 0.1) is 6.92 Å². The van der Waals surface area contributed by atoms with E-state index in [0.717, 1.165) is 10.6 Å². The van der Waals surface area contributed by atoms with E-state index >= 15 is 0 Å². The van der Waals surface area contributed by atoms with Gasteiger partial charge in [0.15, 0.2) is 0 Å². The molecule has 0 atom stereocenters. The highest BCUT2D eigenvalue weighted by atomic mass is 16.5. The van der Waals surface area contributed by atoms with E-state index < -0.39 is 17.8 Å². The van der Waals surface area contributed by atoms with Gasteiger partial charge in [-0.3, -0.25) is 15.0 Å². The van der Waals surface area contributed by atoms with Gasteiger partial charge in [0.1, 0.15) is 11.3 Å². The van der Waals surface area contributed by atoms with Crippen LogP contribution < -0.4 is 10.4 Å². The maximum Gasteiger partial charge on any atom is 0.338 e. The van der Waals surface area contributed by atoms with Crippen molar-refractivity contribution >= 4 is 29.5 Å². The molecule has 1 saturated heterocycles. The molecule has 27 heavy (non-hydrogen) atoms. The minimum absolute atomic E-state index is 0.0223. The maximum absolute atomic E-state index is 12.6. The Morgan fingerprint density at radius 3 is 2.56 bits per heavy atom. The van der Waals surface area contributed by atoms with Crippen molar-refractivity contribution in [3.8, 4) is 5.75 Å². The molecule has 2 aromatic rings. The highest BCUT2D eigenvalue weighted by Crippen LogP contribution is 2.25. The molecule has 0 spiro atoms. The number of anilines is 1. The molecule has 3 rings (SSSR count). The third-order valence-corrected chi connectivity index (χ3v) is 4.01. The summed E-state index contributed by atoms with van der Waals surface area (Å²) in [7, 11) is 0. The van der Waals surface area contributed by atoms with Crippen molar-refractivity contribution in [2.24, 2.45) is 0 Å². The predicted octanol–water partition coefficient (Wildman–Crippen LogP) is 2.34. The van der Waals surface area contributed by atoms with Crippen LogP contribution >= 0.6 is 0 Å². The van der Waals surface area contributed by atoms with E-state index in [9.17, 15) is 19.5 Å². The molecule has 0 bridgehead atoms. The van der Waals surface area contributed by atoms with Crippen LogP contribution in [-0.2, 0) is 14.3 Å². The Hall–Kier alpha value is -3.61. The number of ether oxygens (including phenoxy) is 1. The Bertz CT molecular complexity index is 947. The van der Waals surface area contributed by atoms with Crippen molar-refractivity contribution in [1.82, 2.24) is 5.43 Å². The Morgan fingerprint density at radius 1 is 1.19 bits per heavy atom. The molecule has 0 radical (unpaired) electrons. The second kappa shape index (κ2) is 7.33. The van der Waals surface area contributed by atoms with Gasteiger partial charge in [-0.15, -0.1) is 0 Å². The molecule has 2 amide bonds. The molecule has 1 aliphatic heterocycles. The van der Waals surface area contributed by atoms with Gasteiger partial charge in [-0.1, -0.05) is 11.6 Å². The molecule has 138 valence electrons. The molecule has 0 aromatic heterocycles. The molecular formula is C20H18N2O5. The van der Waals surface area contributed by atoms with E-state index in [0.29, 0.717) is 16.8 Å². The lowest BCUT2D eigenvalue weighted by molar-refractivity contribution is -0.117. The minimum Gasteiger partial charge on any atom is -0.507 e. The monoisotopic (exact) mass is 366 g/mol. The van der Waals surface area contributed by atoms with Crippen molar-refractivity contribution in [1.29, 1.82) is 0 Å². The zero-order valence-corrected chi connectivity index (χ0v) is 14.9. The van der Waals surface area contributed by atoms with E-state index in [2.05, 4.69) is 5.43 Å². The summed E-state index contributed by atoms with van der Waals surface area (Å²) in [4.78, 5) is 36.6.